The van der Waals surface area contributed by atoms with Crippen molar-refractivity contribution in [1.29, 1.82) is 0 Å². The summed E-state index contributed by atoms with van der Waals surface area (Å²) < 4.78 is 51.3. The quantitative estimate of drug-likeness (QED) is 0.840. The molecule has 1 rings (SSSR count). The highest BCUT2D eigenvalue weighted by Gasteiger charge is 2.26. The summed E-state index contributed by atoms with van der Waals surface area (Å²) in [5, 5.41) is 0. The zero-order chi connectivity index (χ0) is 13.2. The van der Waals surface area contributed by atoms with Crippen LogP contribution in [0.1, 0.15) is 13.3 Å². The molecule has 0 heterocycles. The number of hydrogen-bond donors (Lipinski definition) is 1. The van der Waals surface area contributed by atoms with E-state index in [0.29, 0.717) is 6.42 Å². The van der Waals surface area contributed by atoms with E-state index in [9.17, 15) is 17.2 Å². The second-order valence-electron chi connectivity index (χ2n) is 3.64. The molecule has 0 fully saturated rings. The molecule has 0 saturated heterocycles. The van der Waals surface area contributed by atoms with Crippen LogP contribution in [-0.2, 0) is 10.0 Å². The van der Waals surface area contributed by atoms with E-state index in [2.05, 4.69) is 0 Å². The summed E-state index contributed by atoms with van der Waals surface area (Å²) in [5.74, 6) is -2.67. The normalized spacial score (nSPS) is 12.1. The summed E-state index contributed by atoms with van der Waals surface area (Å²) in [7, 11) is -2.73. The van der Waals surface area contributed by atoms with Gasteiger partial charge in [-0.05, 0) is 18.6 Å². The van der Waals surface area contributed by atoms with Crippen molar-refractivity contribution in [1.82, 2.24) is 4.31 Å². The van der Waals surface area contributed by atoms with Gasteiger partial charge < -0.3 is 5.73 Å². The van der Waals surface area contributed by atoms with Crippen LogP contribution in [0.2, 0.25) is 0 Å². The minimum absolute atomic E-state index is 0.132. The number of anilines is 1. The van der Waals surface area contributed by atoms with Crippen molar-refractivity contribution in [3.05, 3.63) is 23.8 Å². The van der Waals surface area contributed by atoms with Gasteiger partial charge in [-0.25, -0.2) is 21.5 Å². The maximum atomic E-state index is 13.4. The molecule has 0 radical (unpaired) electrons. The second-order valence-corrected chi connectivity index (χ2v) is 5.65. The Morgan fingerprint density at radius 1 is 1.35 bits per heavy atom. The Bertz CT molecular complexity index is 517. The predicted molar refractivity (Wildman–Crippen MR) is 60.9 cm³/mol. The molecule has 7 heteroatoms. The summed E-state index contributed by atoms with van der Waals surface area (Å²) in [6, 6.07) is 1.66. The van der Waals surface area contributed by atoms with Crippen molar-refractivity contribution < 1.29 is 17.2 Å². The van der Waals surface area contributed by atoms with Crippen LogP contribution in [0.15, 0.2) is 17.0 Å². The molecule has 1 aromatic rings. The number of nitrogens with two attached hydrogens (primary N) is 1. The van der Waals surface area contributed by atoms with Crippen LogP contribution >= 0.6 is 0 Å². The van der Waals surface area contributed by atoms with Gasteiger partial charge in [0.05, 0.1) is 0 Å². The van der Waals surface area contributed by atoms with E-state index in [1.807, 2.05) is 0 Å². The Hall–Kier alpha value is -1.21. The first-order valence-corrected chi connectivity index (χ1v) is 6.45. The van der Waals surface area contributed by atoms with Gasteiger partial charge in [-0.1, -0.05) is 6.92 Å². The SMILES string of the molecule is CCCN(C)S(=O)(=O)c1cc(N)cc(F)c1F. The van der Waals surface area contributed by atoms with Gasteiger partial charge in [-0.15, -0.1) is 0 Å². The Balaban J connectivity index is 3.33. The zero-order valence-corrected chi connectivity index (χ0v) is 10.4. The fourth-order valence-electron chi connectivity index (χ4n) is 1.37. The van der Waals surface area contributed by atoms with Crippen LogP contribution < -0.4 is 5.73 Å². The number of sulfonamides is 1. The van der Waals surface area contributed by atoms with Gasteiger partial charge in [0.2, 0.25) is 10.0 Å². The van der Waals surface area contributed by atoms with Crippen molar-refractivity contribution in [3.8, 4) is 0 Å². The van der Waals surface area contributed by atoms with Gasteiger partial charge in [-0.3, -0.25) is 0 Å². The van der Waals surface area contributed by atoms with Crippen molar-refractivity contribution in [2.24, 2.45) is 0 Å². The maximum absolute atomic E-state index is 13.4. The first-order valence-electron chi connectivity index (χ1n) is 5.01. The number of nitrogen functional groups attached to an aromatic ring is 1. The summed E-state index contributed by atoms with van der Waals surface area (Å²) in [4.78, 5) is -0.731. The van der Waals surface area contributed by atoms with Gasteiger partial charge in [0, 0.05) is 19.3 Å². The van der Waals surface area contributed by atoms with Crippen LogP contribution in [0.25, 0.3) is 0 Å². The molecule has 0 amide bonds. The number of rotatable bonds is 4. The van der Waals surface area contributed by atoms with Gasteiger partial charge in [-0.2, -0.15) is 0 Å². The lowest BCUT2D eigenvalue weighted by Crippen LogP contribution is -2.28. The van der Waals surface area contributed by atoms with Crippen LogP contribution in [0, 0.1) is 11.6 Å². The molecule has 0 unspecified atom stereocenters. The zero-order valence-electron chi connectivity index (χ0n) is 9.57. The van der Waals surface area contributed by atoms with Crippen molar-refractivity contribution in [2.75, 3.05) is 19.3 Å². The summed E-state index contributed by atoms with van der Waals surface area (Å²) in [5.41, 5.74) is 5.18. The number of nitrogens with zero attached hydrogens (tertiary/aromatic N) is 1. The number of hydrogen-bond acceptors (Lipinski definition) is 3. The maximum Gasteiger partial charge on any atom is 0.245 e. The van der Waals surface area contributed by atoms with E-state index >= 15 is 0 Å². The monoisotopic (exact) mass is 264 g/mol. The van der Waals surface area contributed by atoms with Crippen molar-refractivity contribution in [3.63, 3.8) is 0 Å². The molecule has 0 aliphatic rings. The second kappa shape index (κ2) is 4.97. The van der Waals surface area contributed by atoms with E-state index in [1.54, 1.807) is 6.92 Å². The molecule has 0 saturated carbocycles. The Morgan fingerprint density at radius 3 is 2.47 bits per heavy atom. The molecule has 0 atom stereocenters. The van der Waals surface area contributed by atoms with Gasteiger partial charge >= 0.3 is 0 Å². The highest BCUT2D eigenvalue weighted by molar-refractivity contribution is 7.89. The average Bonchev–Trinajstić information content (AvgIpc) is 2.23. The molecule has 0 bridgehead atoms. The summed E-state index contributed by atoms with van der Waals surface area (Å²) in [6.45, 7) is 2.00. The first kappa shape index (κ1) is 13.9. The topological polar surface area (TPSA) is 63.4 Å². The molecule has 0 aliphatic heterocycles. The van der Waals surface area contributed by atoms with Crippen molar-refractivity contribution in [2.45, 2.75) is 18.2 Å². The molecule has 96 valence electrons. The van der Waals surface area contributed by atoms with Gasteiger partial charge in [0.1, 0.15) is 4.90 Å². The lowest BCUT2D eigenvalue weighted by Gasteiger charge is -2.17. The third-order valence-electron chi connectivity index (χ3n) is 2.24. The van der Waals surface area contributed by atoms with Gasteiger partial charge in [0.15, 0.2) is 11.6 Å². The standard InChI is InChI=1S/C10H14F2N2O2S/c1-3-4-14(2)17(15,16)9-6-7(13)5-8(11)10(9)12/h5-6H,3-4,13H2,1-2H3. The highest BCUT2D eigenvalue weighted by atomic mass is 32.2. The molecule has 0 aliphatic carbocycles. The van der Waals surface area contributed by atoms with E-state index in [0.717, 1.165) is 16.4 Å². The van der Waals surface area contributed by atoms with E-state index in [-0.39, 0.29) is 12.2 Å². The molecule has 2 N–H and O–H groups in total. The number of benzene rings is 1. The molecule has 1 aromatic carbocycles. The van der Waals surface area contributed by atoms with E-state index < -0.39 is 26.6 Å². The fourth-order valence-corrected chi connectivity index (χ4v) is 2.74. The molecular formula is C10H14F2N2O2S. The summed E-state index contributed by atoms with van der Waals surface area (Å²) in [6.07, 6.45) is 0.572. The van der Waals surface area contributed by atoms with Crippen LogP contribution in [0.3, 0.4) is 0 Å². The average molecular weight is 264 g/mol. The Labute approximate surface area is 99.1 Å². The third kappa shape index (κ3) is 2.73. The Morgan fingerprint density at radius 2 is 1.94 bits per heavy atom. The fraction of sp³-hybridized carbons (Fsp3) is 0.400. The van der Waals surface area contributed by atoms with E-state index in [4.69, 9.17) is 5.73 Å². The smallest absolute Gasteiger partial charge is 0.245 e. The largest absolute Gasteiger partial charge is 0.399 e. The van der Waals surface area contributed by atoms with Crippen LogP contribution in [0.4, 0.5) is 14.5 Å². The lowest BCUT2D eigenvalue weighted by atomic mass is 10.3. The molecule has 0 aromatic heterocycles. The van der Waals surface area contributed by atoms with Crippen LogP contribution in [0.5, 0.6) is 0 Å². The van der Waals surface area contributed by atoms with Gasteiger partial charge in [0.25, 0.3) is 0 Å². The molecule has 0 spiro atoms. The summed E-state index contributed by atoms with van der Waals surface area (Å²) >= 11 is 0. The number of halogens is 2. The minimum atomic E-state index is -4.04. The predicted octanol–water partition coefficient (Wildman–Crippen LogP) is 1.58. The van der Waals surface area contributed by atoms with E-state index in [1.165, 1.54) is 7.05 Å². The minimum Gasteiger partial charge on any atom is -0.399 e. The highest BCUT2D eigenvalue weighted by Crippen LogP contribution is 2.23. The third-order valence-corrected chi connectivity index (χ3v) is 4.10. The molecule has 17 heavy (non-hydrogen) atoms. The molecule has 4 nitrogen and oxygen atoms in total. The first-order chi connectivity index (χ1) is 7.80. The lowest BCUT2D eigenvalue weighted by molar-refractivity contribution is 0.449. The van der Waals surface area contributed by atoms with Crippen LogP contribution in [-0.4, -0.2) is 26.3 Å². The Kier molecular flexibility index (Phi) is 4.05. The molecular weight excluding hydrogens is 250 g/mol. The van der Waals surface area contributed by atoms with Crippen molar-refractivity contribution >= 4 is 15.7 Å².